The number of hydrogen-bond acceptors (Lipinski definition) is 4. The average molecular weight is 427 g/mol. The van der Waals surface area contributed by atoms with Gasteiger partial charge in [0.1, 0.15) is 5.82 Å². The van der Waals surface area contributed by atoms with Crippen molar-refractivity contribution in [2.75, 3.05) is 0 Å². The maximum Gasteiger partial charge on any atom is 0.291 e. The summed E-state index contributed by atoms with van der Waals surface area (Å²) in [6, 6.07) is 9.52. The Balaban J connectivity index is 1.83. The second-order valence-electron chi connectivity index (χ2n) is 5.34. The molecule has 4 aromatic rings. The second kappa shape index (κ2) is 6.63. The lowest BCUT2D eigenvalue weighted by Crippen LogP contribution is -2.23. The zero-order valence-corrected chi connectivity index (χ0v) is 15.8. The third-order valence-electron chi connectivity index (χ3n) is 3.60. The Kier molecular flexibility index (Phi) is 4.44. The molecule has 2 aromatic carbocycles. The normalized spacial score (nSPS) is 12.2. The van der Waals surface area contributed by atoms with Crippen LogP contribution in [0.2, 0.25) is 15.1 Å². The number of halogens is 4. The monoisotopic (exact) mass is 425 g/mol. The number of fused-ring (bicyclic) bond motifs is 1. The molecule has 4 rings (SSSR count). The molecule has 26 heavy (non-hydrogen) atoms. The number of benzene rings is 2. The van der Waals surface area contributed by atoms with Crippen molar-refractivity contribution in [3.63, 3.8) is 0 Å². The topological polar surface area (TPSA) is 47.3 Å². The molecule has 2 heterocycles. The molecule has 0 aliphatic heterocycles. The van der Waals surface area contributed by atoms with E-state index in [4.69, 9.17) is 34.8 Å². The van der Waals surface area contributed by atoms with Crippen molar-refractivity contribution in [1.82, 2.24) is 14.6 Å². The van der Waals surface area contributed by atoms with E-state index in [0.29, 0.717) is 14.5 Å². The predicted octanol–water partition coefficient (Wildman–Crippen LogP) is 4.47. The highest BCUT2D eigenvalue weighted by molar-refractivity contribution is 7.15. The molecular formula is C17H7Cl3FN3OS. The van der Waals surface area contributed by atoms with Crippen molar-refractivity contribution >= 4 is 57.2 Å². The first-order valence-electron chi connectivity index (χ1n) is 7.24. The smallest absolute Gasteiger partial charge is 0.266 e. The van der Waals surface area contributed by atoms with E-state index in [1.807, 2.05) is 0 Å². The van der Waals surface area contributed by atoms with Crippen LogP contribution in [0.3, 0.4) is 0 Å². The fourth-order valence-electron chi connectivity index (χ4n) is 2.35. The van der Waals surface area contributed by atoms with Gasteiger partial charge in [0.2, 0.25) is 4.96 Å². The van der Waals surface area contributed by atoms with E-state index in [9.17, 15) is 9.18 Å². The maximum absolute atomic E-state index is 13.7. The third kappa shape index (κ3) is 3.10. The van der Waals surface area contributed by atoms with Crippen LogP contribution in [-0.4, -0.2) is 14.6 Å². The Morgan fingerprint density at radius 1 is 1.08 bits per heavy atom. The molecule has 0 amide bonds. The van der Waals surface area contributed by atoms with Gasteiger partial charge in [-0.15, -0.1) is 5.10 Å². The first kappa shape index (κ1) is 17.4. The summed E-state index contributed by atoms with van der Waals surface area (Å²) < 4.78 is 15.4. The molecule has 0 radical (unpaired) electrons. The van der Waals surface area contributed by atoms with Crippen LogP contribution >= 0.6 is 46.1 Å². The lowest BCUT2D eigenvalue weighted by atomic mass is 10.2. The van der Waals surface area contributed by atoms with Crippen LogP contribution in [0.15, 0.2) is 41.2 Å². The summed E-state index contributed by atoms with van der Waals surface area (Å²) in [5, 5.41) is 4.88. The van der Waals surface area contributed by atoms with Crippen LogP contribution in [0.4, 0.5) is 4.39 Å². The molecule has 0 aliphatic carbocycles. The molecule has 130 valence electrons. The SMILES string of the molecule is O=c1/c(=C/c2ccc(Cl)cc2)sc2nc(-c3cc(F)c(Cl)cc3Cl)nn12. The molecular weight excluding hydrogens is 420 g/mol. The fourth-order valence-corrected chi connectivity index (χ4v) is 3.85. The Bertz CT molecular complexity index is 1250. The van der Waals surface area contributed by atoms with Gasteiger partial charge in [-0.25, -0.2) is 4.39 Å². The number of thiazole rings is 1. The number of hydrogen-bond donors (Lipinski definition) is 0. The van der Waals surface area contributed by atoms with Gasteiger partial charge >= 0.3 is 0 Å². The van der Waals surface area contributed by atoms with E-state index in [0.717, 1.165) is 11.6 Å². The Labute approximate surface area is 165 Å². The van der Waals surface area contributed by atoms with E-state index in [-0.39, 0.29) is 27.0 Å². The quantitative estimate of drug-likeness (QED) is 0.445. The molecule has 0 atom stereocenters. The van der Waals surface area contributed by atoms with Crippen LogP contribution in [-0.2, 0) is 0 Å². The molecule has 4 nitrogen and oxygen atoms in total. The molecule has 0 saturated carbocycles. The van der Waals surface area contributed by atoms with Gasteiger partial charge in [0.15, 0.2) is 5.82 Å². The molecule has 0 N–H and O–H groups in total. The van der Waals surface area contributed by atoms with Crippen molar-refractivity contribution in [3.05, 3.63) is 77.7 Å². The molecule has 0 unspecified atom stereocenters. The summed E-state index contributed by atoms with van der Waals surface area (Å²) in [5.74, 6) is -0.477. The zero-order valence-electron chi connectivity index (χ0n) is 12.7. The summed E-state index contributed by atoms with van der Waals surface area (Å²) in [6.45, 7) is 0. The van der Waals surface area contributed by atoms with Gasteiger partial charge in [0.05, 0.1) is 14.6 Å². The Hall–Kier alpha value is -1.99. The fraction of sp³-hybridized carbons (Fsp3) is 0. The lowest BCUT2D eigenvalue weighted by Gasteiger charge is -2.01. The van der Waals surface area contributed by atoms with E-state index in [1.54, 1.807) is 30.3 Å². The zero-order chi connectivity index (χ0) is 18.4. The van der Waals surface area contributed by atoms with Crippen molar-refractivity contribution in [3.8, 4) is 11.4 Å². The second-order valence-corrected chi connectivity index (χ2v) is 7.60. The minimum absolute atomic E-state index is 0.0934. The largest absolute Gasteiger partial charge is 0.291 e. The number of aromatic nitrogens is 3. The molecule has 0 aliphatic rings. The summed E-state index contributed by atoms with van der Waals surface area (Å²) >= 11 is 18.8. The minimum Gasteiger partial charge on any atom is -0.266 e. The number of nitrogens with zero attached hydrogens (tertiary/aromatic N) is 3. The number of rotatable bonds is 2. The summed E-state index contributed by atoms with van der Waals surface area (Å²) in [6.07, 6.45) is 1.73. The first-order valence-corrected chi connectivity index (χ1v) is 9.19. The summed E-state index contributed by atoms with van der Waals surface area (Å²) in [4.78, 5) is 17.2. The standard InChI is InChI=1S/C17H7Cl3FN3OS/c18-9-3-1-8(2-4-9)5-14-16(25)24-17(26-14)22-15(23-24)10-6-13(21)12(20)7-11(10)19/h1-7H/b14-5-. The lowest BCUT2D eigenvalue weighted by molar-refractivity contribution is 0.628. The van der Waals surface area contributed by atoms with Crippen LogP contribution in [0.25, 0.3) is 22.4 Å². The predicted molar refractivity (Wildman–Crippen MR) is 103 cm³/mol. The highest BCUT2D eigenvalue weighted by Crippen LogP contribution is 2.30. The van der Waals surface area contributed by atoms with Gasteiger partial charge in [-0.05, 0) is 35.9 Å². The van der Waals surface area contributed by atoms with Crippen molar-refractivity contribution in [2.45, 2.75) is 0 Å². The van der Waals surface area contributed by atoms with Crippen LogP contribution in [0.5, 0.6) is 0 Å². The average Bonchev–Trinajstić information content (AvgIpc) is 3.13. The molecule has 0 fully saturated rings. The molecule has 0 spiro atoms. The Morgan fingerprint density at radius 2 is 1.81 bits per heavy atom. The van der Waals surface area contributed by atoms with E-state index in [1.165, 1.54) is 21.9 Å². The van der Waals surface area contributed by atoms with Crippen LogP contribution in [0, 0.1) is 5.82 Å². The van der Waals surface area contributed by atoms with E-state index < -0.39 is 5.82 Å². The van der Waals surface area contributed by atoms with Gasteiger partial charge in [0, 0.05) is 10.6 Å². The highest BCUT2D eigenvalue weighted by Gasteiger charge is 2.16. The van der Waals surface area contributed by atoms with Gasteiger partial charge in [-0.2, -0.15) is 9.50 Å². The molecule has 0 saturated heterocycles. The molecule has 2 aromatic heterocycles. The van der Waals surface area contributed by atoms with Gasteiger partial charge in [-0.1, -0.05) is 58.3 Å². The minimum atomic E-state index is -0.636. The highest BCUT2D eigenvalue weighted by atomic mass is 35.5. The van der Waals surface area contributed by atoms with Gasteiger partial charge < -0.3 is 0 Å². The molecule has 9 heteroatoms. The summed E-state index contributed by atoms with van der Waals surface area (Å²) in [7, 11) is 0. The van der Waals surface area contributed by atoms with Crippen molar-refractivity contribution in [2.24, 2.45) is 0 Å². The third-order valence-corrected chi connectivity index (χ3v) is 5.41. The van der Waals surface area contributed by atoms with Crippen LogP contribution < -0.4 is 10.1 Å². The Morgan fingerprint density at radius 3 is 2.50 bits per heavy atom. The van der Waals surface area contributed by atoms with Crippen molar-refractivity contribution in [1.29, 1.82) is 0 Å². The van der Waals surface area contributed by atoms with Gasteiger partial charge in [-0.3, -0.25) is 4.79 Å². The van der Waals surface area contributed by atoms with Crippen LogP contribution in [0.1, 0.15) is 5.56 Å². The maximum atomic E-state index is 13.7. The first-order chi connectivity index (χ1) is 12.4. The van der Waals surface area contributed by atoms with E-state index >= 15 is 0 Å². The van der Waals surface area contributed by atoms with E-state index in [2.05, 4.69) is 10.1 Å². The van der Waals surface area contributed by atoms with Gasteiger partial charge in [0.25, 0.3) is 5.56 Å². The molecule has 0 bridgehead atoms. The summed E-state index contributed by atoms with van der Waals surface area (Å²) in [5.41, 5.74) is 0.787. The van der Waals surface area contributed by atoms with Crippen molar-refractivity contribution < 1.29 is 4.39 Å².